The number of halogens is 1. The number of nitrogens with one attached hydrogen (secondary N) is 5. The minimum Gasteiger partial charge on any atom is -0.502 e. The number of aromatic nitrogens is 3. The van der Waals surface area contributed by atoms with Crippen molar-refractivity contribution in [3.05, 3.63) is 257 Å². The number of carbonyl (C=O) groups excluding carboxylic acids is 1. The van der Waals surface area contributed by atoms with Gasteiger partial charge in [-0.05, 0) is 168 Å². The summed E-state index contributed by atoms with van der Waals surface area (Å²) >= 11 is 0. The molecule has 0 saturated carbocycles. The predicted octanol–water partition coefficient (Wildman–Crippen LogP) is 16.6. The van der Waals surface area contributed by atoms with Crippen LogP contribution >= 0.6 is 12.4 Å². The summed E-state index contributed by atoms with van der Waals surface area (Å²) in [5, 5.41) is 32.0. The molecule has 538 valence electrons. The molecule has 0 saturated heterocycles. The standard InChI is InChI=1S/C24H22N4O3S.C23H24N2O3S.C20H18N2O4.C15H16N2.ClH/c1-14-8-10-17-20(12-14)27-22-16-6-4-5-7-18(16)25-24(22)23(17)26-19-11-9-15(13-21(19)31-2)28-32(3,29)30;1-17(23(26)25-21-12-14-22(15-13-21)29(2,27)28)24-20-10-8-19(9-11-20)16-18-6-4-3-5-7-18;1-22(24)16-6-4-5-14-8-10-15(21-19(14)16)9-7-13-11-17(25-2)20(23)18(12-13)26-3;1-17(2)15-8-11-7-10-5-3-4-6-12(10)13(11)9-14(15)16;/h4-13,25,28H,1-3H3,(H,26,27);3-15,17,24H,16H2,1-2H3,(H,25,26);4-12H,1H2,2-3H3,(H-,21,23,24);3-6,8-9H,7,16H2,1-2H3;1H/p+1. The van der Waals surface area contributed by atoms with Crippen molar-refractivity contribution in [2.45, 2.75) is 37.6 Å². The average molecular weight is 1470 g/mol. The number of aryl methyl sites for hydroxylation is 1. The van der Waals surface area contributed by atoms with E-state index in [4.69, 9.17) is 24.9 Å². The second kappa shape index (κ2) is 32.9. The number of anilines is 7. The molecule has 0 radical (unpaired) electrons. The zero-order valence-electron chi connectivity index (χ0n) is 59.4. The minimum absolute atomic E-state index is 0. The van der Waals surface area contributed by atoms with Crippen LogP contribution in [0.4, 0.5) is 45.5 Å². The summed E-state index contributed by atoms with van der Waals surface area (Å²) in [6, 6.07) is 68.9. The van der Waals surface area contributed by atoms with Gasteiger partial charge in [-0.1, -0.05) is 121 Å². The molecule has 1 aliphatic carbocycles. The molecule has 0 bridgehead atoms. The van der Waals surface area contributed by atoms with Crippen molar-refractivity contribution in [3.8, 4) is 34.1 Å². The Morgan fingerprint density at radius 2 is 1.33 bits per heavy atom. The number of nitrogen functional groups attached to an aromatic ring is 1. The Kier molecular flexibility index (Phi) is 23.7. The quantitative estimate of drug-likeness (QED) is 0.0130. The van der Waals surface area contributed by atoms with E-state index >= 15 is 0 Å². The van der Waals surface area contributed by atoms with Gasteiger partial charge in [-0.2, -0.15) is 0 Å². The summed E-state index contributed by atoms with van der Waals surface area (Å²) in [7, 11) is 1.93. The van der Waals surface area contributed by atoms with Gasteiger partial charge in [-0.25, -0.2) is 26.8 Å². The topological polar surface area (TPSA) is 275 Å². The summed E-state index contributed by atoms with van der Waals surface area (Å²) in [5.41, 5.74) is 26.8. The van der Waals surface area contributed by atoms with Crippen LogP contribution in [0, 0.1) is 6.92 Å². The number of sulfone groups is 1. The fourth-order valence-corrected chi connectivity index (χ4v) is 13.3. The van der Waals surface area contributed by atoms with Crippen molar-refractivity contribution in [1.29, 1.82) is 0 Å². The maximum Gasteiger partial charge on any atom is 0.282 e. The molecule has 10 aromatic carbocycles. The number of phenolic OH excluding ortho intramolecular Hbond substituents is 1. The van der Waals surface area contributed by atoms with Gasteiger partial charge in [0, 0.05) is 70.3 Å². The third kappa shape index (κ3) is 18.4. The predicted molar refractivity (Wildman–Crippen MR) is 429 cm³/mol. The number of para-hydroxylation sites is 2. The first kappa shape index (κ1) is 75.6. The molecule has 105 heavy (non-hydrogen) atoms. The molecule has 1 aliphatic rings. The molecule has 14 rings (SSSR count). The smallest absolute Gasteiger partial charge is 0.282 e. The zero-order valence-corrected chi connectivity index (χ0v) is 61.8. The van der Waals surface area contributed by atoms with Crippen LogP contribution in [0.3, 0.4) is 0 Å². The van der Waals surface area contributed by atoms with Crippen molar-refractivity contribution >= 4 is 146 Å². The number of H-pyrrole nitrogens is 1. The van der Waals surface area contributed by atoms with Gasteiger partial charge in [-0.15, -0.1) is 12.4 Å². The number of hydrogen-bond donors (Lipinski definition) is 8. The number of methoxy groups -OCH3 is 3. The monoisotopic (exact) mass is 1470 g/mol. The molecule has 0 spiro atoms. The number of fused-ring (bicyclic) bond motifs is 8. The van der Waals surface area contributed by atoms with Gasteiger partial charge in [0.2, 0.25) is 21.7 Å². The number of aromatic hydroxyl groups is 1. The molecular weight excluding hydrogens is 1380 g/mol. The molecule has 1 amide bonds. The molecule has 3 aromatic heterocycles. The number of carbonyl (C=O) groups is 1. The highest BCUT2D eigenvalue weighted by Crippen LogP contribution is 2.43. The van der Waals surface area contributed by atoms with Gasteiger partial charge in [0.25, 0.3) is 5.69 Å². The summed E-state index contributed by atoms with van der Waals surface area (Å²) in [4.78, 5) is 27.7. The van der Waals surface area contributed by atoms with Crippen molar-refractivity contribution < 1.29 is 50.9 Å². The Hall–Kier alpha value is -12.1. The number of aromatic amines is 1. The lowest BCUT2D eigenvalue weighted by Gasteiger charge is -2.17. The first-order chi connectivity index (χ1) is 49.8. The Balaban J connectivity index is 0.000000152. The summed E-state index contributed by atoms with van der Waals surface area (Å²) in [6.07, 6.45) is 7.81. The highest BCUT2D eigenvalue weighted by Gasteiger charge is 2.22. The maximum absolute atomic E-state index is 12.4. The number of rotatable bonds is 18. The largest absolute Gasteiger partial charge is 0.502 e. The van der Waals surface area contributed by atoms with E-state index in [9.17, 15) is 31.9 Å². The van der Waals surface area contributed by atoms with Gasteiger partial charge in [0.1, 0.15) is 17.3 Å². The molecule has 3 heterocycles. The summed E-state index contributed by atoms with van der Waals surface area (Å²) in [6.45, 7) is 7.33. The Morgan fingerprint density at radius 1 is 0.676 bits per heavy atom. The van der Waals surface area contributed by atoms with E-state index in [1.807, 2.05) is 118 Å². The zero-order chi connectivity index (χ0) is 74.0. The number of ether oxygens (including phenoxy) is 3. The Bertz CT molecular complexity index is 5600. The third-order valence-electron chi connectivity index (χ3n) is 17.2. The van der Waals surface area contributed by atoms with Gasteiger partial charge >= 0.3 is 0 Å². The van der Waals surface area contributed by atoms with E-state index in [0.717, 1.165) is 102 Å². The van der Waals surface area contributed by atoms with Crippen LogP contribution in [0.1, 0.15) is 46.0 Å². The van der Waals surface area contributed by atoms with E-state index in [2.05, 4.69) is 115 Å². The number of sulfonamides is 1. The fraction of sp³-hybridized carbons (Fsp3) is 0.146. The third-order valence-corrected chi connectivity index (χ3v) is 19.0. The lowest BCUT2D eigenvalue weighted by Crippen LogP contribution is -2.31. The van der Waals surface area contributed by atoms with Gasteiger partial charge in [-0.3, -0.25) is 14.7 Å². The second-order valence-corrected chi connectivity index (χ2v) is 29.0. The molecule has 9 N–H and O–H groups in total. The SMILES string of the molecule is C=[N+](O)c1cccc2ccc(/C=C/c3cc(OC)c(O)c(OC)c3)nc12.CC(Nc1ccc(Cc2ccccc2)cc1)C(=O)Nc1ccc(S(C)(=O)=O)cc1.CN(C)c1cc2c(cc1N)-c1ccccc1C2.COc1cc(NS(C)(=O)=O)ccc1Nc1c2ccc(C)cc2nc2c1[nH]c1ccccc12.Cl. The molecule has 1 unspecified atom stereocenters. The number of hydrogen-bond acceptors (Lipinski definition) is 16. The summed E-state index contributed by atoms with van der Waals surface area (Å²) in [5.74, 6) is 0.918. The average Bonchev–Trinajstić information content (AvgIpc) is 1.62. The number of nitrogens with two attached hydrogens (primary N) is 1. The molecule has 20 nitrogen and oxygen atoms in total. The molecule has 0 aliphatic heterocycles. The van der Waals surface area contributed by atoms with Gasteiger partial charge in [0.05, 0.1) is 83.2 Å². The number of amides is 1. The number of pyridine rings is 2. The lowest BCUT2D eigenvalue weighted by atomic mass is 10.0. The van der Waals surface area contributed by atoms with Crippen LogP contribution in [0.15, 0.2) is 223 Å². The van der Waals surface area contributed by atoms with E-state index < -0.39 is 25.9 Å². The highest BCUT2D eigenvalue weighted by molar-refractivity contribution is 7.92. The van der Waals surface area contributed by atoms with Crippen molar-refractivity contribution in [3.63, 3.8) is 0 Å². The Morgan fingerprint density at radius 3 is 2.01 bits per heavy atom. The maximum atomic E-state index is 12.4. The van der Waals surface area contributed by atoms with Crippen molar-refractivity contribution in [1.82, 2.24) is 15.0 Å². The van der Waals surface area contributed by atoms with Crippen LogP contribution in [0.5, 0.6) is 23.0 Å². The number of phenols is 1. The van der Waals surface area contributed by atoms with E-state index in [1.54, 1.807) is 62.6 Å². The normalized spacial score (nSPS) is 11.7. The van der Waals surface area contributed by atoms with Crippen LogP contribution in [0.25, 0.3) is 67.0 Å². The summed E-state index contributed by atoms with van der Waals surface area (Å²) < 4.78 is 65.4. The molecule has 0 fully saturated rings. The first-order valence-electron chi connectivity index (χ1n) is 33.1. The van der Waals surface area contributed by atoms with Crippen LogP contribution in [-0.2, 0) is 37.5 Å². The molecular formula is C82H82ClN10O10S2+. The number of benzene rings is 10. The Labute approximate surface area is 616 Å². The van der Waals surface area contributed by atoms with Crippen LogP contribution in [0.2, 0.25) is 0 Å². The van der Waals surface area contributed by atoms with E-state index in [0.29, 0.717) is 51.2 Å². The van der Waals surface area contributed by atoms with Crippen LogP contribution < -0.4 is 45.5 Å². The fourth-order valence-electron chi connectivity index (χ4n) is 12.1. The first-order valence-corrected chi connectivity index (χ1v) is 36.9. The van der Waals surface area contributed by atoms with Crippen molar-refractivity contribution in [2.75, 3.05) is 79.2 Å². The van der Waals surface area contributed by atoms with Crippen molar-refractivity contribution in [2.24, 2.45) is 0 Å². The highest BCUT2D eigenvalue weighted by atomic mass is 35.5. The van der Waals surface area contributed by atoms with Gasteiger partial charge < -0.3 is 50.9 Å². The number of nitrogens with zero attached hydrogens (tertiary/aromatic N) is 4. The lowest BCUT2D eigenvalue weighted by molar-refractivity contribution is -0.705. The minimum atomic E-state index is -3.39. The second-order valence-electron chi connectivity index (χ2n) is 25.2. The van der Waals surface area contributed by atoms with E-state index in [-0.39, 0.29) is 29.0 Å². The van der Waals surface area contributed by atoms with E-state index in [1.165, 1.54) is 59.7 Å². The molecule has 23 heteroatoms. The molecule has 13 aromatic rings. The van der Waals surface area contributed by atoms with Gasteiger partial charge in [0.15, 0.2) is 28.1 Å². The molecule has 1 atom stereocenters. The van der Waals surface area contributed by atoms with Crippen LogP contribution in [-0.4, -0.2) is 113 Å².